The summed E-state index contributed by atoms with van der Waals surface area (Å²) in [5, 5.41) is 6.04. The van der Waals surface area contributed by atoms with Crippen molar-refractivity contribution in [2.45, 2.75) is 38.6 Å². The summed E-state index contributed by atoms with van der Waals surface area (Å²) in [7, 11) is 0. The fourth-order valence-corrected chi connectivity index (χ4v) is 2.25. The number of nitrogens with two attached hydrogens (primary N) is 1. The first-order valence-corrected chi connectivity index (χ1v) is 6.49. The van der Waals surface area contributed by atoms with Crippen molar-refractivity contribution in [1.82, 2.24) is 15.3 Å². The third kappa shape index (κ3) is 2.93. The van der Waals surface area contributed by atoms with E-state index in [1.165, 1.54) is 6.33 Å². The molecule has 7 heteroatoms. The molecule has 5 N–H and O–H groups in total. The summed E-state index contributed by atoms with van der Waals surface area (Å²) in [5.41, 5.74) is 3.47. The predicted octanol–water partition coefficient (Wildman–Crippen LogP) is 0.576. The highest BCUT2D eigenvalue weighted by Crippen LogP contribution is 2.28. The molecule has 0 spiro atoms. The molecule has 0 radical (unpaired) electrons. The number of nitrogens with one attached hydrogen (secondary N) is 3. The molecular formula is C12H20N6O. The van der Waals surface area contributed by atoms with E-state index in [0.717, 1.165) is 24.9 Å². The smallest absolute Gasteiger partial charge is 0.242 e. The molecule has 1 saturated heterocycles. The number of nitrogens with zero attached hydrogens (tertiary/aromatic N) is 2. The van der Waals surface area contributed by atoms with Gasteiger partial charge in [-0.05, 0) is 18.8 Å². The molecule has 1 fully saturated rings. The van der Waals surface area contributed by atoms with Crippen molar-refractivity contribution in [2.75, 3.05) is 17.3 Å². The first-order valence-electron chi connectivity index (χ1n) is 6.49. The maximum Gasteiger partial charge on any atom is 0.242 e. The van der Waals surface area contributed by atoms with E-state index in [-0.39, 0.29) is 17.9 Å². The molecule has 2 rings (SSSR count). The minimum absolute atomic E-state index is 0.0156. The van der Waals surface area contributed by atoms with Gasteiger partial charge in [-0.1, -0.05) is 13.8 Å². The van der Waals surface area contributed by atoms with Crippen molar-refractivity contribution in [1.29, 1.82) is 0 Å². The van der Waals surface area contributed by atoms with Gasteiger partial charge in [0.05, 0.1) is 0 Å². The molecule has 0 aliphatic carbocycles. The second-order valence-electron chi connectivity index (χ2n) is 4.91. The second-order valence-corrected chi connectivity index (χ2v) is 4.91. The average Bonchev–Trinajstić information content (AvgIpc) is 2.40. The van der Waals surface area contributed by atoms with Crippen LogP contribution in [0.25, 0.3) is 0 Å². The molecule has 1 amide bonds. The summed E-state index contributed by atoms with van der Waals surface area (Å²) in [6.07, 6.45) is 3.20. The Balaban J connectivity index is 2.26. The highest BCUT2D eigenvalue weighted by atomic mass is 16.2. The summed E-state index contributed by atoms with van der Waals surface area (Å²) < 4.78 is 0. The summed E-state index contributed by atoms with van der Waals surface area (Å²) in [5.74, 6) is 6.94. The molecule has 0 bridgehead atoms. The van der Waals surface area contributed by atoms with Crippen molar-refractivity contribution in [3.63, 3.8) is 0 Å². The number of carbonyl (C=O) groups is 1. The fraction of sp³-hybridized carbons (Fsp3) is 0.583. The maximum absolute atomic E-state index is 11.8. The standard InChI is InChI=1S/C12H20N6O/c1-7(2)9-10(15-6-16-11(9)18-13)17-8-4-3-5-14-12(8)19/h6-8H,3-5,13H2,1-2H3,(H,14,19)(H2,15,16,17,18). The second kappa shape index (κ2) is 5.83. The predicted molar refractivity (Wildman–Crippen MR) is 73.6 cm³/mol. The van der Waals surface area contributed by atoms with Gasteiger partial charge in [0.15, 0.2) is 0 Å². The van der Waals surface area contributed by atoms with Crippen molar-refractivity contribution in [2.24, 2.45) is 5.84 Å². The molecule has 1 unspecified atom stereocenters. The van der Waals surface area contributed by atoms with Gasteiger partial charge < -0.3 is 16.1 Å². The summed E-state index contributed by atoms with van der Waals surface area (Å²) in [6, 6.07) is -0.244. The van der Waals surface area contributed by atoms with Crippen LogP contribution >= 0.6 is 0 Å². The largest absolute Gasteiger partial charge is 0.358 e. The minimum Gasteiger partial charge on any atom is -0.358 e. The number of nitrogen functional groups attached to an aromatic ring is 1. The quantitative estimate of drug-likeness (QED) is 0.468. The third-order valence-electron chi connectivity index (χ3n) is 3.19. The van der Waals surface area contributed by atoms with E-state index in [1.807, 2.05) is 13.8 Å². The van der Waals surface area contributed by atoms with Crippen LogP contribution in [0, 0.1) is 0 Å². The van der Waals surface area contributed by atoms with Crippen molar-refractivity contribution in [3.05, 3.63) is 11.9 Å². The number of hydrogen-bond acceptors (Lipinski definition) is 6. The van der Waals surface area contributed by atoms with E-state index in [1.54, 1.807) is 0 Å². The number of aromatic nitrogens is 2. The van der Waals surface area contributed by atoms with Crippen LogP contribution in [0.2, 0.25) is 0 Å². The molecule has 1 atom stereocenters. The molecule has 2 heterocycles. The number of piperidine rings is 1. The molecule has 0 aromatic carbocycles. The van der Waals surface area contributed by atoms with E-state index in [4.69, 9.17) is 5.84 Å². The molecule has 7 nitrogen and oxygen atoms in total. The summed E-state index contributed by atoms with van der Waals surface area (Å²) in [4.78, 5) is 20.1. The Bertz CT molecular complexity index is 462. The SMILES string of the molecule is CC(C)c1c(NN)ncnc1NC1CCCNC1=O. The molecule has 104 valence electrons. The number of carbonyl (C=O) groups excluding carboxylic acids is 1. The van der Waals surface area contributed by atoms with E-state index >= 15 is 0 Å². The molecule has 1 aliphatic rings. The monoisotopic (exact) mass is 264 g/mol. The van der Waals surface area contributed by atoms with Crippen LogP contribution in [0.3, 0.4) is 0 Å². The van der Waals surface area contributed by atoms with Crippen LogP contribution in [-0.2, 0) is 4.79 Å². The van der Waals surface area contributed by atoms with Crippen molar-refractivity contribution in [3.8, 4) is 0 Å². The Morgan fingerprint density at radius 2 is 2.16 bits per heavy atom. The Morgan fingerprint density at radius 3 is 2.79 bits per heavy atom. The molecule has 0 saturated carbocycles. The Hall–Kier alpha value is -1.89. The van der Waals surface area contributed by atoms with Gasteiger partial charge in [0.2, 0.25) is 5.91 Å². The number of hydrogen-bond donors (Lipinski definition) is 4. The number of hydrazine groups is 1. The molecule has 1 aliphatic heterocycles. The van der Waals surface area contributed by atoms with E-state index in [2.05, 4.69) is 26.0 Å². The van der Waals surface area contributed by atoms with Gasteiger partial charge in [-0.25, -0.2) is 15.8 Å². The Kier molecular flexibility index (Phi) is 4.16. The lowest BCUT2D eigenvalue weighted by Gasteiger charge is -2.25. The normalized spacial score (nSPS) is 19.2. The Labute approximate surface area is 112 Å². The van der Waals surface area contributed by atoms with E-state index in [0.29, 0.717) is 11.6 Å². The van der Waals surface area contributed by atoms with Crippen LogP contribution in [0.1, 0.15) is 38.2 Å². The lowest BCUT2D eigenvalue weighted by Crippen LogP contribution is -2.44. The number of rotatable bonds is 4. The van der Waals surface area contributed by atoms with Gasteiger partial charge in [-0.2, -0.15) is 0 Å². The van der Waals surface area contributed by atoms with Gasteiger partial charge in [0, 0.05) is 12.1 Å². The van der Waals surface area contributed by atoms with Gasteiger partial charge in [-0.3, -0.25) is 4.79 Å². The van der Waals surface area contributed by atoms with Crippen LogP contribution in [0.5, 0.6) is 0 Å². The first kappa shape index (κ1) is 13.5. The van der Waals surface area contributed by atoms with Crippen LogP contribution in [0.4, 0.5) is 11.6 Å². The van der Waals surface area contributed by atoms with E-state index in [9.17, 15) is 4.79 Å². The summed E-state index contributed by atoms with van der Waals surface area (Å²) >= 11 is 0. The number of amides is 1. The minimum atomic E-state index is -0.244. The fourth-order valence-electron chi connectivity index (χ4n) is 2.25. The van der Waals surface area contributed by atoms with E-state index < -0.39 is 0 Å². The van der Waals surface area contributed by atoms with Crippen molar-refractivity contribution < 1.29 is 4.79 Å². The molecule has 19 heavy (non-hydrogen) atoms. The zero-order chi connectivity index (χ0) is 13.8. The Morgan fingerprint density at radius 1 is 1.42 bits per heavy atom. The van der Waals surface area contributed by atoms with Gasteiger partial charge in [0.25, 0.3) is 0 Å². The van der Waals surface area contributed by atoms with Gasteiger partial charge >= 0.3 is 0 Å². The third-order valence-corrected chi connectivity index (χ3v) is 3.19. The van der Waals surface area contributed by atoms with Gasteiger partial charge in [0.1, 0.15) is 24.0 Å². The van der Waals surface area contributed by atoms with Crippen LogP contribution in [-0.4, -0.2) is 28.5 Å². The molecule has 1 aromatic heterocycles. The zero-order valence-corrected chi connectivity index (χ0v) is 11.2. The highest BCUT2D eigenvalue weighted by molar-refractivity contribution is 5.85. The molecule has 1 aromatic rings. The maximum atomic E-state index is 11.8. The lowest BCUT2D eigenvalue weighted by atomic mass is 10.0. The molecular weight excluding hydrogens is 244 g/mol. The zero-order valence-electron chi connectivity index (χ0n) is 11.2. The highest BCUT2D eigenvalue weighted by Gasteiger charge is 2.24. The van der Waals surface area contributed by atoms with Crippen molar-refractivity contribution >= 4 is 17.5 Å². The topological polar surface area (TPSA) is 105 Å². The van der Waals surface area contributed by atoms with Gasteiger partial charge in [-0.15, -0.1) is 0 Å². The summed E-state index contributed by atoms with van der Waals surface area (Å²) in [6.45, 7) is 4.81. The van der Waals surface area contributed by atoms with Crippen LogP contribution < -0.4 is 21.9 Å². The first-order chi connectivity index (χ1) is 9.13. The average molecular weight is 264 g/mol. The van der Waals surface area contributed by atoms with Crippen LogP contribution in [0.15, 0.2) is 6.33 Å². The number of anilines is 2. The lowest BCUT2D eigenvalue weighted by molar-refractivity contribution is -0.123.